The fraction of sp³-hybridized carbons (Fsp3) is 0.0189. The van der Waals surface area contributed by atoms with Gasteiger partial charge in [0, 0.05) is 38.2 Å². The second kappa shape index (κ2) is 11.7. The quantitative estimate of drug-likeness (QED) is 0.173. The second-order valence-corrected chi connectivity index (χ2v) is 14.9. The normalized spacial score (nSPS) is 12.3. The minimum absolute atomic E-state index is 0.966. The number of rotatable bonds is 4. The molecule has 2 heterocycles. The Hall–Kier alpha value is -7.16. The summed E-state index contributed by atoms with van der Waals surface area (Å²) in [6.07, 6.45) is 0.966. The molecular formula is C53H34N2. The highest BCUT2D eigenvalue weighted by Crippen LogP contribution is 2.47. The third-order valence-electron chi connectivity index (χ3n) is 11.9. The molecule has 0 fully saturated rings. The minimum Gasteiger partial charge on any atom is -0.309 e. The van der Waals surface area contributed by atoms with Crippen molar-refractivity contribution in [2.75, 3.05) is 0 Å². The molecule has 1 aliphatic rings. The molecule has 0 spiro atoms. The number of para-hydroxylation sites is 1. The van der Waals surface area contributed by atoms with Crippen LogP contribution in [0.25, 0.3) is 99.1 Å². The number of fused-ring (bicyclic) bond motifs is 11. The second-order valence-electron chi connectivity index (χ2n) is 14.9. The van der Waals surface area contributed by atoms with Crippen molar-refractivity contribution in [1.82, 2.24) is 9.13 Å². The first-order chi connectivity index (χ1) is 27.3. The predicted octanol–water partition coefficient (Wildman–Crippen LogP) is 13.9. The van der Waals surface area contributed by atoms with Gasteiger partial charge in [-0.1, -0.05) is 146 Å². The molecule has 12 rings (SSSR count). The zero-order valence-electron chi connectivity index (χ0n) is 30.1. The molecule has 0 saturated heterocycles. The average Bonchev–Trinajstić information content (AvgIpc) is 3.91. The van der Waals surface area contributed by atoms with Crippen molar-refractivity contribution in [1.29, 1.82) is 0 Å². The molecule has 1 aliphatic carbocycles. The molecular weight excluding hydrogens is 665 g/mol. The lowest BCUT2D eigenvalue weighted by Crippen LogP contribution is -1.97. The highest BCUT2D eigenvalue weighted by molar-refractivity contribution is 6.17. The van der Waals surface area contributed by atoms with Gasteiger partial charge in [-0.3, -0.25) is 0 Å². The first kappa shape index (κ1) is 30.3. The third-order valence-corrected chi connectivity index (χ3v) is 11.9. The molecule has 55 heavy (non-hydrogen) atoms. The van der Waals surface area contributed by atoms with Crippen molar-refractivity contribution in [2.45, 2.75) is 6.42 Å². The van der Waals surface area contributed by atoms with Crippen LogP contribution in [0.4, 0.5) is 0 Å². The topological polar surface area (TPSA) is 9.86 Å². The average molecular weight is 699 g/mol. The van der Waals surface area contributed by atoms with E-state index in [1.54, 1.807) is 0 Å². The molecule has 0 amide bonds. The molecule has 0 aliphatic heterocycles. The van der Waals surface area contributed by atoms with Crippen molar-refractivity contribution in [3.05, 3.63) is 205 Å². The molecule has 2 heteroatoms. The van der Waals surface area contributed by atoms with Crippen LogP contribution in [0.1, 0.15) is 11.1 Å². The van der Waals surface area contributed by atoms with E-state index in [1.807, 2.05) is 0 Å². The highest BCUT2D eigenvalue weighted by Gasteiger charge is 2.26. The summed E-state index contributed by atoms with van der Waals surface area (Å²) in [5, 5.41) is 7.58. The summed E-state index contributed by atoms with van der Waals surface area (Å²) in [6, 6.07) is 71.6. The summed E-state index contributed by atoms with van der Waals surface area (Å²) in [7, 11) is 0. The van der Waals surface area contributed by atoms with Crippen molar-refractivity contribution in [3.63, 3.8) is 0 Å². The van der Waals surface area contributed by atoms with E-state index in [0.717, 1.165) is 12.1 Å². The zero-order chi connectivity index (χ0) is 36.0. The Morgan fingerprint density at radius 1 is 0.345 bits per heavy atom. The van der Waals surface area contributed by atoms with E-state index in [9.17, 15) is 0 Å². The summed E-state index contributed by atoms with van der Waals surface area (Å²) < 4.78 is 4.96. The lowest BCUT2D eigenvalue weighted by molar-refractivity contribution is 1.18. The van der Waals surface area contributed by atoms with Crippen molar-refractivity contribution in [2.24, 2.45) is 0 Å². The summed E-state index contributed by atoms with van der Waals surface area (Å²) >= 11 is 0. The van der Waals surface area contributed by atoms with E-state index in [4.69, 9.17) is 0 Å². The smallest absolute Gasteiger partial charge is 0.0622 e. The van der Waals surface area contributed by atoms with Crippen LogP contribution in [-0.4, -0.2) is 9.13 Å². The van der Waals surface area contributed by atoms with Gasteiger partial charge in [-0.15, -0.1) is 0 Å². The Balaban J connectivity index is 1.08. The van der Waals surface area contributed by atoms with Crippen LogP contribution >= 0.6 is 0 Å². The van der Waals surface area contributed by atoms with Crippen molar-refractivity contribution in [3.8, 4) is 44.8 Å². The van der Waals surface area contributed by atoms with Gasteiger partial charge in [0.25, 0.3) is 0 Å². The molecule has 0 unspecified atom stereocenters. The van der Waals surface area contributed by atoms with Gasteiger partial charge in [0.2, 0.25) is 0 Å². The van der Waals surface area contributed by atoms with Gasteiger partial charge in [0.1, 0.15) is 0 Å². The molecule has 0 saturated carbocycles. The maximum atomic E-state index is 2.54. The molecule has 0 radical (unpaired) electrons. The monoisotopic (exact) mass is 698 g/mol. The number of aromatic nitrogens is 2. The van der Waals surface area contributed by atoms with E-state index >= 15 is 0 Å². The van der Waals surface area contributed by atoms with E-state index in [-0.39, 0.29) is 0 Å². The van der Waals surface area contributed by atoms with Crippen molar-refractivity contribution < 1.29 is 0 Å². The Kier molecular flexibility index (Phi) is 6.43. The van der Waals surface area contributed by atoms with Crippen LogP contribution < -0.4 is 0 Å². The maximum absolute atomic E-state index is 2.54. The summed E-state index contributed by atoms with van der Waals surface area (Å²) in [5.41, 5.74) is 17.7. The maximum Gasteiger partial charge on any atom is 0.0622 e. The zero-order valence-corrected chi connectivity index (χ0v) is 30.1. The van der Waals surface area contributed by atoms with E-state index < -0.39 is 0 Å². The van der Waals surface area contributed by atoms with Gasteiger partial charge in [0.05, 0.1) is 27.8 Å². The van der Waals surface area contributed by atoms with Crippen LogP contribution in [-0.2, 0) is 6.42 Å². The van der Waals surface area contributed by atoms with E-state index in [1.165, 1.54) is 105 Å². The standard InChI is InChI=1S/C53H34N2/c1-2-12-34(13-3-1)36-17-10-18-41(31-36)54-49-22-9-8-21-44(49)46-32-37(25-28-50(46)54)38-26-29-51-47(33-38)45-27-24-40-30-39-15-5-7-20-43(39)52(40)53(45)55(51)48-23-11-16-35-14-4-6-19-42(35)48/h1-29,31-33H,30H2. The molecule has 9 aromatic carbocycles. The summed E-state index contributed by atoms with van der Waals surface area (Å²) in [6.45, 7) is 0. The van der Waals surface area contributed by atoms with Gasteiger partial charge in [-0.05, 0) is 99.3 Å². The van der Waals surface area contributed by atoms with Crippen LogP contribution in [0, 0.1) is 0 Å². The Morgan fingerprint density at radius 3 is 1.85 bits per heavy atom. The highest BCUT2D eigenvalue weighted by atomic mass is 15.0. The fourth-order valence-electron chi connectivity index (χ4n) is 9.44. The van der Waals surface area contributed by atoms with Crippen LogP contribution in [0.15, 0.2) is 194 Å². The molecule has 0 atom stereocenters. The van der Waals surface area contributed by atoms with Gasteiger partial charge in [-0.2, -0.15) is 0 Å². The third kappa shape index (κ3) is 4.49. The predicted molar refractivity (Wildman–Crippen MR) is 232 cm³/mol. The Morgan fingerprint density at radius 2 is 0.982 bits per heavy atom. The van der Waals surface area contributed by atoms with Crippen LogP contribution in [0.2, 0.25) is 0 Å². The van der Waals surface area contributed by atoms with Gasteiger partial charge in [-0.25, -0.2) is 0 Å². The molecule has 2 nitrogen and oxygen atoms in total. The van der Waals surface area contributed by atoms with E-state index in [0.29, 0.717) is 0 Å². The molecule has 0 bridgehead atoms. The summed E-state index contributed by atoms with van der Waals surface area (Å²) in [4.78, 5) is 0. The summed E-state index contributed by atoms with van der Waals surface area (Å²) in [5.74, 6) is 0. The van der Waals surface area contributed by atoms with Gasteiger partial charge >= 0.3 is 0 Å². The largest absolute Gasteiger partial charge is 0.309 e. The van der Waals surface area contributed by atoms with Crippen molar-refractivity contribution >= 4 is 54.4 Å². The van der Waals surface area contributed by atoms with E-state index in [2.05, 4.69) is 203 Å². The Bertz CT molecular complexity index is 3340. The number of hydrogen-bond donors (Lipinski definition) is 0. The number of benzene rings is 9. The molecule has 0 N–H and O–H groups in total. The lowest BCUT2D eigenvalue weighted by Gasteiger charge is -2.14. The first-order valence-corrected chi connectivity index (χ1v) is 19.1. The molecule has 2 aromatic heterocycles. The molecule has 256 valence electrons. The van der Waals surface area contributed by atoms with Gasteiger partial charge in [0.15, 0.2) is 0 Å². The first-order valence-electron chi connectivity index (χ1n) is 19.1. The fourth-order valence-corrected chi connectivity index (χ4v) is 9.44. The van der Waals surface area contributed by atoms with Crippen LogP contribution in [0.5, 0.6) is 0 Å². The van der Waals surface area contributed by atoms with Gasteiger partial charge < -0.3 is 9.13 Å². The number of nitrogens with zero attached hydrogens (tertiary/aromatic N) is 2. The van der Waals surface area contributed by atoms with Crippen LogP contribution in [0.3, 0.4) is 0 Å². The molecule has 11 aromatic rings. The lowest BCUT2D eigenvalue weighted by atomic mass is 9.99. The minimum atomic E-state index is 0.966. The SMILES string of the molecule is c1ccc(-c2cccc(-n3c4ccccc4c4cc(-c5ccc6c(c5)c5ccc7c(c5n6-c5cccc6ccccc56)-c5ccccc5C7)ccc43)c2)cc1. The number of hydrogen-bond acceptors (Lipinski definition) is 0. The Labute approximate surface area is 318 Å².